The first-order valence-electron chi connectivity index (χ1n) is 6.12. The van der Waals surface area contributed by atoms with Crippen LogP contribution in [-0.4, -0.2) is 12.5 Å². The molecule has 98 valence electrons. The van der Waals surface area contributed by atoms with E-state index in [4.69, 9.17) is 11.5 Å². The summed E-state index contributed by atoms with van der Waals surface area (Å²) in [5.41, 5.74) is 9.83. The molecule has 2 rings (SSSR count). The molecule has 18 heavy (non-hydrogen) atoms. The van der Waals surface area contributed by atoms with Crippen LogP contribution in [0.3, 0.4) is 0 Å². The average Bonchev–Trinajstić information content (AvgIpc) is 2.38. The van der Waals surface area contributed by atoms with Crippen LogP contribution in [0.5, 0.6) is 0 Å². The quantitative estimate of drug-likeness (QED) is 0.628. The maximum atomic E-state index is 11.2. The number of carbonyl (C=O) groups is 1. The summed E-state index contributed by atoms with van der Waals surface area (Å²) in [5, 5.41) is 2.93. The molecule has 5 N–H and O–H groups in total. The highest BCUT2D eigenvalue weighted by Gasteiger charge is 2.25. The zero-order valence-electron chi connectivity index (χ0n) is 10.1. The highest BCUT2D eigenvalue weighted by Crippen LogP contribution is 2.28. The van der Waals surface area contributed by atoms with Gasteiger partial charge in [-0.15, -0.1) is 0 Å². The molecule has 0 unspecified atom stereocenters. The van der Waals surface area contributed by atoms with Gasteiger partial charge in [0.1, 0.15) is 11.4 Å². The van der Waals surface area contributed by atoms with E-state index in [1.165, 1.54) is 0 Å². The summed E-state index contributed by atoms with van der Waals surface area (Å²) >= 11 is 0. The van der Waals surface area contributed by atoms with E-state index in [9.17, 15) is 14.4 Å². The van der Waals surface area contributed by atoms with E-state index in [2.05, 4.69) is 5.32 Å². The van der Waals surface area contributed by atoms with Crippen molar-refractivity contribution >= 4 is 17.3 Å². The molecule has 0 bridgehead atoms. The number of anilines is 2. The van der Waals surface area contributed by atoms with Gasteiger partial charge in [-0.3, -0.25) is 14.4 Å². The van der Waals surface area contributed by atoms with Crippen LogP contribution in [-0.2, 0) is 4.79 Å². The summed E-state index contributed by atoms with van der Waals surface area (Å²) in [6.07, 6.45) is 3.39. The van der Waals surface area contributed by atoms with Gasteiger partial charge < -0.3 is 16.8 Å². The fourth-order valence-corrected chi connectivity index (χ4v) is 2.48. The van der Waals surface area contributed by atoms with Gasteiger partial charge >= 0.3 is 0 Å². The lowest BCUT2D eigenvalue weighted by Gasteiger charge is -2.27. The third-order valence-corrected chi connectivity index (χ3v) is 3.76. The maximum Gasteiger partial charge on any atom is 0.253 e. The van der Waals surface area contributed by atoms with Gasteiger partial charge in [0.15, 0.2) is 0 Å². The minimum atomic E-state index is -0.602. The van der Waals surface area contributed by atoms with E-state index < -0.39 is 10.9 Å². The topological polar surface area (TPSA) is 115 Å². The molecule has 0 radical (unpaired) electrons. The Morgan fingerprint density at radius 3 is 2.28 bits per heavy atom. The predicted octanol–water partition coefficient (Wildman–Crippen LogP) is -0.432. The van der Waals surface area contributed by atoms with Gasteiger partial charge in [-0.05, 0) is 31.6 Å². The molecule has 0 aliphatic heterocycles. The molecule has 0 atom stereocenters. The van der Waals surface area contributed by atoms with Crippen molar-refractivity contribution in [1.29, 1.82) is 0 Å². The minimum absolute atomic E-state index is 0.0163. The van der Waals surface area contributed by atoms with Crippen LogP contribution in [0.15, 0.2) is 9.59 Å². The number of hydrogen-bond donors (Lipinski definition) is 3. The molecule has 0 heterocycles. The number of nitrogens with two attached hydrogens (primary N) is 2. The van der Waals surface area contributed by atoms with Crippen LogP contribution in [0.2, 0.25) is 0 Å². The second-order valence-electron chi connectivity index (χ2n) is 4.95. The van der Waals surface area contributed by atoms with Gasteiger partial charge in [-0.2, -0.15) is 0 Å². The van der Waals surface area contributed by atoms with Gasteiger partial charge in [0.05, 0.1) is 0 Å². The summed E-state index contributed by atoms with van der Waals surface area (Å²) < 4.78 is 0. The summed E-state index contributed by atoms with van der Waals surface area (Å²) in [4.78, 5) is 33.1. The van der Waals surface area contributed by atoms with Crippen molar-refractivity contribution in [3.05, 3.63) is 20.4 Å². The average molecular weight is 251 g/mol. The lowest BCUT2D eigenvalue weighted by Crippen LogP contribution is -2.38. The zero-order chi connectivity index (χ0) is 13.3. The SMILES string of the molecule is NC(=O)C1CCC(CNc2c(N)c(=O)c2=O)CC1. The summed E-state index contributed by atoms with van der Waals surface area (Å²) in [7, 11) is 0. The zero-order valence-corrected chi connectivity index (χ0v) is 10.1. The highest BCUT2D eigenvalue weighted by molar-refractivity contribution is 5.76. The number of hydrogen-bond acceptors (Lipinski definition) is 5. The molecule has 6 nitrogen and oxygen atoms in total. The molecule has 1 aromatic rings. The van der Waals surface area contributed by atoms with Crippen LogP contribution < -0.4 is 27.6 Å². The number of carbonyl (C=O) groups excluding carboxylic acids is 1. The number of rotatable bonds is 4. The first-order valence-corrected chi connectivity index (χ1v) is 6.12. The van der Waals surface area contributed by atoms with Crippen LogP contribution in [0.1, 0.15) is 25.7 Å². The summed E-state index contributed by atoms with van der Waals surface area (Å²) in [6.45, 7) is 0.612. The fraction of sp³-hybridized carbons (Fsp3) is 0.583. The van der Waals surface area contributed by atoms with Crippen molar-refractivity contribution in [2.75, 3.05) is 17.6 Å². The Morgan fingerprint density at radius 1 is 1.17 bits per heavy atom. The number of primary amides is 1. The molecule has 0 aromatic heterocycles. The number of nitrogen functional groups attached to an aromatic ring is 1. The predicted molar refractivity (Wildman–Crippen MR) is 68.9 cm³/mol. The van der Waals surface area contributed by atoms with E-state index in [1.807, 2.05) is 0 Å². The van der Waals surface area contributed by atoms with Crippen molar-refractivity contribution in [2.24, 2.45) is 17.6 Å². The molecule has 6 heteroatoms. The van der Waals surface area contributed by atoms with Crippen molar-refractivity contribution < 1.29 is 4.79 Å². The van der Waals surface area contributed by atoms with Crippen molar-refractivity contribution in [3.63, 3.8) is 0 Å². The molecule has 1 saturated carbocycles. The molecule has 1 amide bonds. The Kier molecular flexibility index (Phi) is 3.36. The number of nitrogens with one attached hydrogen (secondary N) is 1. The normalized spacial score (nSPS) is 24.0. The molecule has 0 spiro atoms. The molecule has 1 aliphatic rings. The second-order valence-corrected chi connectivity index (χ2v) is 4.95. The van der Waals surface area contributed by atoms with Crippen molar-refractivity contribution in [1.82, 2.24) is 0 Å². The van der Waals surface area contributed by atoms with Crippen molar-refractivity contribution in [3.8, 4) is 0 Å². The largest absolute Gasteiger partial charge is 0.394 e. The lowest BCUT2D eigenvalue weighted by molar-refractivity contribution is -0.122. The van der Waals surface area contributed by atoms with Crippen LogP contribution >= 0.6 is 0 Å². The van der Waals surface area contributed by atoms with E-state index in [0.29, 0.717) is 12.5 Å². The van der Waals surface area contributed by atoms with Crippen LogP contribution in [0, 0.1) is 11.8 Å². The highest BCUT2D eigenvalue weighted by atomic mass is 16.2. The van der Waals surface area contributed by atoms with Gasteiger partial charge in [-0.1, -0.05) is 0 Å². The third-order valence-electron chi connectivity index (χ3n) is 3.76. The van der Waals surface area contributed by atoms with E-state index >= 15 is 0 Å². The monoisotopic (exact) mass is 251 g/mol. The van der Waals surface area contributed by atoms with Gasteiger partial charge in [0.25, 0.3) is 10.9 Å². The van der Waals surface area contributed by atoms with E-state index in [0.717, 1.165) is 25.7 Å². The van der Waals surface area contributed by atoms with E-state index in [-0.39, 0.29) is 23.2 Å². The standard InChI is InChI=1S/C12H17N3O3/c13-8-9(11(17)10(8)16)15-5-6-1-3-7(4-2-6)12(14)18/h6-7,15H,1-5,13H2,(H2,14,18). The smallest absolute Gasteiger partial charge is 0.253 e. The summed E-state index contributed by atoms with van der Waals surface area (Å²) in [6, 6.07) is 0. The van der Waals surface area contributed by atoms with E-state index in [1.54, 1.807) is 0 Å². The van der Waals surface area contributed by atoms with Gasteiger partial charge in [-0.25, -0.2) is 0 Å². The Hall–Kier alpha value is -1.85. The molecular formula is C12H17N3O3. The maximum absolute atomic E-state index is 11.2. The molecule has 1 fully saturated rings. The Bertz CT molecular complexity index is 523. The molecule has 1 aromatic carbocycles. The minimum Gasteiger partial charge on any atom is -0.394 e. The Balaban J connectivity index is 1.82. The number of amides is 1. The first-order chi connectivity index (χ1) is 8.50. The molecular weight excluding hydrogens is 234 g/mol. The van der Waals surface area contributed by atoms with Crippen LogP contribution in [0.25, 0.3) is 0 Å². The van der Waals surface area contributed by atoms with Gasteiger partial charge in [0, 0.05) is 12.5 Å². The summed E-state index contributed by atoms with van der Waals surface area (Å²) in [5.74, 6) is 0.148. The fourth-order valence-electron chi connectivity index (χ4n) is 2.48. The van der Waals surface area contributed by atoms with Gasteiger partial charge in [0.2, 0.25) is 5.91 Å². The lowest BCUT2D eigenvalue weighted by atomic mass is 9.81. The van der Waals surface area contributed by atoms with Crippen molar-refractivity contribution in [2.45, 2.75) is 25.7 Å². The Labute approximate surface area is 104 Å². The second kappa shape index (κ2) is 4.80. The molecule has 1 aliphatic carbocycles. The Morgan fingerprint density at radius 2 is 1.78 bits per heavy atom. The third kappa shape index (κ3) is 2.23. The molecule has 0 saturated heterocycles. The first kappa shape index (κ1) is 12.6. The van der Waals surface area contributed by atoms with Crippen LogP contribution in [0.4, 0.5) is 11.4 Å².